The fourth-order valence-electron chi connectivity index (χ4n) is 0.983. The van der Waals surface area contributed by atoms with Crippen LogP contribution in [-0.4, -0.2) is 15.1 Å². The molecule has 14 heavy (non-hydrogen) atoms. The van der Waals surface area contributed by atoms with Crippen LogP contribution in [0.4, 0.5) is 0 Å². The summed E-state index contributed by atoms with van der Waals surface area (Å²) in [5, 5.41) is 3.69. The van der Waals surface area contributed by atoms with Crippen LogP contribution in [0.25, 0.3) is 11.5 Å². The second kappa shape index (κ2) is 3.85. The summed E-state index contributed by atoms with van der Waals surface area (Å²) in [6.07, 6.45) is 3.34. The number of hydrogen-bond donors (Lipinski definition) is 1. The Morgan fingerprint density at radius 1 is 1.43 bits per heavy atom. The van der Waals surface area contributed by atoms with Crippen molar-refractivity contribution in [1.29, 1.82) is 0 Å². The van der Waals surface area contributed by atoms with Crippen molar-refractivity contribution < 1.29 is 4.52 Å². The van der Waals surface area contributed by atoms with Crippen molar-refractivity contribution in [3.05, 3.63) is 28.8 Å². The number of hydrogen-bond acceptors (Lipinski definition) is 5. The second-order valence-electron chi connectivity index (χ2n) is 2.61. The van der Waals surface area contributed by atoms with Gasteiger partial charge in [0.1, 0.15) is 0 Å². The third kappa shape index (κ3) is 1.80. The highest BCUT2D eigenvalue weighted by Crippen LogP contribution is 2.19. The minimum absolute atomic E-state index is 0.269. The fourth-order valence-corrected chi connectivity index (χ4v) is 1.35. The first-order chi connectivity index (χ1) is 6.79. The van der Waals surface area contributed by atoms with Crippen molar-refractivity contribution in [3.8, 4) is 11.5 Å². The summed E-state index contributed by atoms with van der Waals surface area (Å²) in [5.41, 5.74) is 6.13. The maximum Gasteiger partial charge on any atom is 0.259 e. The van der Waals surface area contributed by atoms with Crippen LogP contribution in [0.2, 0.25) is 0 Å². The molecule has 0 radical (unpaired) electrons. The van der Waals surface area contributed by atoms with Crippen LogP contribution in [0.1, 0.15) is 5.82 Å². The topological polar surface area (TPSA) is 77.8 Å². The van der Waals surface area contributed by atoms with Gasteiger partial charge in [-0.2, -0.15) is 4.98 Å². The van der Waals surface area contributed by atoms with Gasteiger partial charge in [0, 0.05) is 16.9 Å². The Balaban J connectivity index is 2.39. The predicted octanol–water partition coefficient (Wildman–Crippen LogP) is 1.35. The van der Waals surface area contributed by atoms with E-state index in [-0.39, 0.29) is 6.54 Å². The van der Waals surface area contributed by atoms with Crippen LogP contribution < -0.4 is 5.73 Å². The highest BCUT2D eigenvalue weighted by molar-refractivity contribution is 9.10. The summed E-state index contributed by atoms with van der Waals surface area (Å²) in [6.45, 7) is 0.269. The van der Waals surface area contributed by atoms with Crippen LogP contribution in [-0.2, 0) is 6.54 Å². The lowest BCUT2D eigenvalue weighted by atomic mass is 10.3. The molecule has 0 saturated carbocycles. The molecule has 2 aromatic rings. The molecule has 0 aromatic carbocycles. The van der Waals surface area contributed by atoms with E-state index in [1.807, 2.05) is 6.07 Å². The average molecular weight is 255 g/mol. The van der Waals surface area contributed by atoms with Gasteiger partial charge in [-0.1, -0.05) is 5.16 Å². The van der Waals surface area contributed by atoms with Gasteiger partial charge in [-0.25, -0.2) is 0 Å². The molecule has 0 saturated heterocycles. The zero-order valence-electron chi connectivity index (χ0n) is 7.14. The number of nitrogens with zero attached hydrogens (tertiary/aromatic N) is 3. The molecular formula is C8H7BrN4O. The van der Waals surface area contributed by atoms with Gasteiger partial charge in [-0.15, -0.1) is 0 Å². The maximum absolute atomic E-state index is 5.36. The quantitative estimate of drug-likeness (QED) is 0.876. The van der Waals surface area contributed by atoms with E-state index >= 15 is 0 Å². The van der Waals surface area contributed by atoms with Gasteiger partial charge >= 0.3 is 0 Å². The molecule has 0 aliphatic carbocycles. The second-order valence-corrected chi connectivity index (χ2v) is 3.53. The van der Waals surface area contributed by atoms with Gasteiger partial charge in [-0.05, 0) is 22.0 Å². The third-order valence-electron chi connectivity index (χ3n) is 1.60. The standard InChI is InChI=1S/C8H7BrN4O/c9-6-1-5(3-11-4-6)8-12-7(2-10)13-14-8/h1,3-4H,2,10H2. The summed E-state index contributed by atoms with van der Waals surface area (Å²) in [7, 11) is 0. The van der Waals surface area contributed by atoms with Crippen molar-refractivity contribution in [2.45, 2.75) is 6.54 Å². The molecule has 5 nitrogen and oxygen atoms in total. The molecule has 72 valence electrons. The van der Waals surface area contributed by atoms with Crippen molar-refractivity contribution in [2.24, 2.45) is 5.73 Å². The zero-order chi connectivity index (χ0) is 9.97. The van der Waals surface area contributed by atoms with Crippen molar-refractivity contribution >= 4 is 15.9 Å². The lowest BCUT2D eigenvalue weighted by Crippen LogP contribution is -1.97. The molecule has 0 aliphatic rings. The molecule has 6 heteroatoms. The van der Waals surface area contributed by atoms with Crippen LogP contribution in [0, 0.1) is 0 Å². The van der Waals surface area contributed by atoms with Crippen LogP contribution >= 0.6 is 15.9 Å². The van der Waals surface area contributed by atoms with Gasteiger partial charge in [0.05, 0.1) is 12.1 Å². The lowest BCUT2D eigenvalue weighted by Gasteiger charge is -1.92. The van der Waals surface area contributed by atoms with Gasteiger partial charge < -0.3 is 10.3 Å². The normalized spacial score (nSPS) is 10.4. The highest BCUT2D eigenvalue weighted by Gasteiger charge is 2.07. The molecule has 0 amide bonds. The van der Waals surface area contributed by atoms with E-state index < -0.39 is 0 Å². The van der Waals surface area contributed by atoms with E-state index in [0.29, 0.717) is 11.7 Å². The van der Waals surface area contributed by atoms with E-state index in [1.165, 1.54) is 0 Å². The molecule has 2 aromatic heterocycles. The largest absolute Gasteiger partial charge is 0.334 e. The summed E-state index contributed by atoms with van der Waals surface area (Å²) in [4.78, 5) is 8.07. The van der Waals surface area contributed by atoms with Crippen molar-refractivity contribution in [1.82, 2.24) is 15.1 Å². The minimum atomic E-state index is 0.269. The number of rotatable bonds is 2. The molecule has 0 fully saturated rings. The fraction of sp³-hybridized carbons (Fsp3) is 0.125. The van der Waals surface area contributed by atoms with Crippen LogP contribution in [0.15, 0.2) is 27.5 Å². The molecule has 0 atom stereocenters. The minimum Gasteiger partial charge on any atom is -0.334 e. The van der Waals surface area contributed by atoms with Gasteiger partial charge in [0.15, 0.2) is 5.82 Å². The van der Waals surface area contributed by atoms with Gasteiger partial charge in [-0.3, -0.25) is 4.98 Å². The van der Waals surface area contributed by atoms with E-state index in [0.717, 1.165) is 10.0 Å². The Kier molecular flexibility index (Phi) is 2.55. The Morgan fingerprint density at radius 2 is 2.29 bits per heavy atom. The smallest absolute Gasteiger partial charge is 0.259 e. The summed E-state index contributed by atoms with van der Waals surface area (Å²) in [6, 6.07) is 1.85. The van der Waals surface area contributed by atoms with Crippen molar-refractivity contribution in [3.63, 3.8) is 0 Å². The maximum atomic E-state index is 5.36. The Hall–Kier alpha value is -1.27. The number of aromatic nitrogens is 3. The molecule has 0 bridgehead atoms. The molecule has 0 aliphatic heterocycles. The van der Waals surface area contributed by atoms with E-state index in [9.17, 15) is 0 Å². The molecule has 2 rings (SSSR count). The highest BCUT2D eigenvalue weighted by atomic mass is 79.9. The SMILES string of the molecule is NCc1noc(-c2cncc(Br)c2)n1. The molecule has 0 unspecified atom stereocenters. The first-order valence-electron chi connectivity index (χ1n) is 3.93. The average Bonchev–Trinajstić information content (AvgIpc) is 2.66. The summed E-state index contributed by atoms with van der Waals surface area (Å²) >= 11 is 3.31. The van der Waals surface area contributed by atoms with E-state index in [1.54, 1.807) is 12.4 Å². The predicted molar refractivity (Wildman–Crippen MR) is 53.1 cm³/mol. The van der Waals surface area contributed by atoms with Crippen LogP contribution in [0.3, 0.4) is 0 Å². The molecule has 0 spiro atoms. The molecule has 2 heterocycles. The number of nitrogens with two attached hydrogens (primary N) is 1. The Labute approximate surface area is 88.5 Å². The number of halogens is 1. The van der Waals surface area contributed by atoms with Gasteiger partial charge in [0.25, 0.3) is 5.89 Å². The van der Waals surface area contributed by atoms with E-state index in [2.05, 4.69) is 31.1 Å². The number of pyridine rings is 1. The first kappa shape index (κ1) is 9.29. The van der Waals surface area contributed by atoms with E-state index in [4.69, 9.17) is 10.3 Å². The first-order valence-corrected chi connectivity index (χ1v) is 4.72. The van der Waals surface area contributed by atoms with Crippen LogP contribution in [0.5, 0.6) is 0 Å². The molecular weight excluding hydrogens is 248 g/mol. The van der Waals surface area contributed by atoms with Crippen molar-refractivity contribution in [2.75, 3.05) is 0 Å². The summed E-state index contributed by atoms with van der Waals surface area (Å²) in [5.74, 6) is 0.916. The third-order valence-corrected chi connectivity index (χ3v) is 2.04. The Morgan fingerprint density at radius 3 is 2.93 bits per heavy atom. The lowest BCUT2D eigenvalue weighted by molar-refractivity contribution is 0.422. The summed E-state index contributed by atoms with van der Waals surface area (Å²) < 4.78 is 5.86. The Bertz CT molecular complexity index is 442. The monoisotopic (exact) mass is 254 g/mol. The molecule has 2 N–H and O–H groups in total. The van der Waals surface area contributed by atoms with Gasteiger partial charge in [0.2, 0.25) is 0 Å². The zero-order valence-corrected chi connectivity index (χ0v) is 8.73.